The number of amides is 1. The molecule has 0 radical (unpaired) electrons. The third-order valence-electron chi connectivity index (χ3n) is 4.77. The normalized spacial score (nSPS) is 21.3. The van der Waals surface area contributed by atoms with Crippen LogP contribution in [0.15, 0.2) is 10.9 Å². The highest BCUT2D eigenvalue weighted by atomic mass is 32.1. The molecule has 0 saturated carbocycles. The van der Waals surface area contributed by atoms with Gasteiger partial charge in [0.05, 0.1) is 28.9 Å². The van der Waals surface area contributed by atoms with Crippen LogP contribution < -0.4 is 0 Å². The van der Waals surface area contributed by atoms with Crippen LogP contribution in [0.4, 0.5) is 0 Å². The summed E-state index contributed by atoms with van der Waals surface area (Å²) < 4.78 is 1.78. The Morgan fingerprint density at radius 3 is 2.75 bits per heavy atom. The van der Waals surface area contributed by atoms with Gasteiger partial charge >= 0.3 is 5.97 Å². The molecule has 8 heteroatoms. The van der Waals surface area contributed by atoms with Gasteiger partial charge in [0.25, 0.3) is 0 Å². The molecule has 1 N–H and O–H groups in total. The van der Waals surface area contributed by atoms with Crippen molar-refractivity contribution in [3.8, 4) is 0 Å². The summed E-state index contributed by atoms with van der Waals surface area (Å²) in [7, 11) is 1.86. The van der Waals surface area contributed by atoms with E-state index >= 15 is 0 Å². The summed E-state index contributed by atoms with van der Waals surface area (Å²) in [6.07, 6.45) is 0.591. The SMILES string of the molecule is Cc1nn(C)c(C)c1CN1C(=O)CCC(C(=O)O)C1c1cscn1. The fourth-order valence-corrected chi connectivity index (χ4v) is 3.93. The van der Waals surface area contributed by atoms with Crippen LogP contribution in [-0.4, -0.2) is 36.6 Å². The molecule has 0 aromatic carbocycles. The number of aliphatic carboxylic acids is 1. The number of carboxylic acids is 1. The van der Waals surface area contributed by atoms with Crippen molar-refractivity contribution in [2.24, 2.45) is 13.0 Å². The molecule has 0 spiro atoms. The van der Waals surface area contributed by atoms with Gasteiger partial charge in [-0.2, -0.15) is 5.10 Å². The first-order valence-corrected chi connectivity index (χ1v) is 8.74. The Morgan fingerprint density at radius 2 is 2.21 bits per heavy atom. The van der Waals surface area contributed by atoms with E-state index in [-0.39, 0.29) is 12.3 Å². The smallest absolute Gasteiger partial charge is 0.309 e. The van der Waals surface area contributed by atoms with Crippen LogP contribution in [0.1, 0.15) is 41.5 Å². The molecule has 1 fully saturated rings. The van der Waals surface area contributed by atoms with E-state index in [0.717, 1.165) is 17.0 Å². The van der Waals surface area contributed by atoms with E-state index in [9.17, 15) is 14.7 Å². The highest BCUT2D eigenvalue weighted by molar-refractivity contribution is 7.07. The number of hydrogen-bond acceptors (Lipinski definition) is 5. The zero-order chi connectivity index (χ0) is 17.4. The van der Waals surface area contributed by atoms with E-state index in [1.54, 1.807) is 15.1 Å². The largest absolute Gasteiger partial charge is 0.481 e. The van der Waals surface area contributed by atoms with Crippen LogP contribution in [0.2, 0.25) is 0 Å². The number of carbonyl (C=O) groups is 2. The van der Waals surface area contributed by atoms with Crippen molar-refractivity contribution in [1.82, 2.24) is 19.7 Å². The molecule has 2 aromatic rings. The van der Waals surface area contributed by atoms with Gasteiger partial charge < -0.3 is 10.0 Å². The van der Waals surface area contributed by atoms with Gasteiger partial charge in [-0.3, -0.25) is 14.3 Å². The predicted molar refractivity (Wildman–Crippen MR) is 88.4 cm³/mol. The first-order valence-electron chi connectivity index (χ1n) is 7.79. The maximum Gasteiger partial charge on any atom is 0.309 e. The second-order valence-electron chi connectivity index (χ2n) is 6.14. The van der Waals surface area contributed by atoms with Crippen LogP contribution >= 0.6 is 11.3 Å². The van der Waals surface area contributed by atoms with Crippen LogP contribution in [0, 0.1) is 19.8 Å². The lowest BCUT2D eigenvalue weighted by Gasteiger charge is -2.38. The number of rotatable bonds is 4. The van der Waals surface area contributed by atoms with Gasteiger partial charge in [-0.25, -0.2) is 4.98 Å². The van der Waals surface area contributed by atoms with Gasteiger partial charge in [-0.15, -0.1) is 11.3 Å². The van der Waals surface area contributed by atoms with E-state index in [0.29, 0.717) is 18.7 Å². The summed E-state index contributed by atoms with van der Waals surface area (Å²) >= 11 is 1.41. The van der Waals surface area contributed by atoms with Crippen molar-refractivity contribution >= 4 is 23.2 Å². The molecule has 7 nitrogen and oxygen atoms in total. The van der Waals surface area contributed by atoms with Gasteiger partial charge in [-0.1, -0.05) is 0 Å². The first kappa shape index (κ1) is 16.6. The maximum atomic E-state index is 12.6. The van der Waals surface area contributed by atoms with Crippen LogP contribution in [0.25, 0.3) is 0 Å². The maximum absolute atomic E-state index is 12.6. The van der Waals surface area contributed by atoms with Crippen molar-refractivity contribution < 1.29 is 14.7 Å². The molecule has 0 aliphatic carbocycles. The molecule has 1 amide bonds. The van der Waals surface area contributed by atoms with E-state index in [1.807, 2.05) is 26.3 Å². The first-order chi connectivity index (χ1) is 11.4. The number of aryl methyl sites for hydroxylation is 2. The number of carboxylic acid groups (broad SMARTS) is 1. The zero-order valence-electron chi connectivity index (χ0n) is 13.9. The molecule has 2 unspecified atom stereocenters. The van der Waals surface area contributed by atoms with E-state index < -0.39 is 17.9 Å². The van der Waals surface area contributed by atoms with Gasteiger partial charge in [0.1, 0.15) is 0 Å². The quantitative estimate of drug-likeness (QED) is 0.914. The fourth-order valence-electron chi connectivity index (χ4n) is 3.35. The molecule has 1 aliphatic rings. The standard InChI is InChI=1S/C16H20N4O3S/c1-9-12(10(2)19(3)18-9)6-20-14(21)5-4-11(16(22)23)15(20)13-7-24-8-17-13/h7-8,11,15H,4-6H2,1-3H3,(H,22,23). The number of nitrogens with zero attached hydrogens (tertiary/aromatic N) is 4. The Hall–Kier alpha value is -2.22. The van der Waals surface area contributed by atoms with Crippen molar-refractivity contribution in [1.29, 1.82) is 0 Å². The molecule has 2 atom stereocenters. The van der Waals surface area contributed by atoms with Crippen molar-refractivity contribution in [2.75, 3.05) is 0 Å². The molecule has 1 aliphatic heterocycles. The minimum Gasteiger partial charge on any atom is -0.481 e. The van der Waals surface area contributed by atoms with Gasteiger partial charge in [0, 0.05) is 36.7 Å². The summed E-state index contributed by atoms with van der Waals surface area (Å²) in [5, 5.41) is 15.8. The van der Waals surface area contributed by atoms with Crippen LogP contribution in [0.5, 0.6) is 0 Å². The molecular formula is C16H20N4O3S. The zero-order valence-corrected chi connectivity index (χ0v) is 14.7. The molecule has 0 bridgehead atoms. The molecule has 3 heterocycles. The third kappa shape index (κ3) is 2.82. The minimum absolute atomic E-state index is 0.0341. The topological polar surface area (TPSA) is 88.3 Å². The summed E-state index contributed by atoms with van der Waals surface area (Å²) in [6, 6.07) is -0.533. The average molecular weight is 348 g/mol. The lowest BCUT2D eigenvalue weighted by atomic mass is 9.86. The monoisotopic (exact) mass is 348 g/mol. The van der Waals surface area contributed by atoms with E-state index in [2.05, 4.69) is 10.1 Å². The molecule has 2 aromatic heterocycles. The van der Waals surface area contributed by atoms with Crippen molar-refractivity contribution in [3.63, 3.8) is 0 Å². The molecule has 1 saturated heterocycles. The van der Waals surface area contributed by atoms with Gasteiger partial charge in [0.2, 0.25) is 5.91 Å². The van der Waals surface area contributed by atoms with Crippen LogP contribution in [-0.2, 0) is 23.2 Å². The Balaban J connectivity index is 2.01. The highest BCUT2D eigenvalue weighted by Gasteiger charge is 2.42. The Bertz CT molecular complexity index is 769. The second kappa shape index (κ2) is 6.35. The number of thiazole rings is 1. The van der Waals surface area contributed by atoms with E-state index in [1.165, 1.54) is 11.3 Å². The average Bonchev–Trinajstić information content (AvgIpc) is 3.13. The number of hydrogen-bond donors (Lipinski definition) is 1. The molecule has 128 valence electrons. The Labute approximate surface area is 143 Å². The summed E-state index contributed by atoms with van der Waals surface area (Å²) in [5.74, 6) is -1.56. The second-order valence-corrected chi connectivity index (χ2v) is 6.85. The number of likely N-dealkylation sites (tertiary alicyclic amines) is 1. The molecular weight excluding hydrogens is 328 g/mol. The highest BCUT2D eigenvalue weighted by Crippen LogP contribution is 2.38. The number of carbonyl (C=O) groups excluding carboxylic acids is 1. The van der Waals surface area contributed by atoms with Crippen molar-refractivity contribution in [2.45, 2.75) is 39.3 Å². The van der Waals surface area contributed by atoms with Crippen molar-refractivity contribution in [3.05, 3.63) is 33.5 Å². The Morgan fingerprint density at radius 1 is 1.46 bits per heavy atom. The lowest BCUT2D eigenvalue weighted by molar-refractivity contribution is -0.152. The summed E-state index contributed by atoms with van der Waals surface area (Å²) in [5.41, 5.74) is 5.13. The molecule has 24 heavy (non-hydrogen) atoms. The van der Waals surface area contributed by atoms with Gasteiger partial charge in [-0.05, 0) is 20.3 Å². The van der Waals surface area contributed by atoms with Gasteiger partial charge in [0.15, 0.2) is 0 Å². The Kier molecular flexibility index (Phi) is 4.40. The summed E-state index contributed by atoms with van der Waals surface area (Å²) in [6.45, 7) is 4.22. The van der Waals surface area contributed by atoms with E-state index in [4.69, 9.17) is 0 Å². The number of piperidine rings is 1. The third-order valence-corrected chi connectivity index (χ3v) is 5.37. The van der Waals surface area contributed by atoms with Crippen LogP contribution in [0.3, 0.4) is 0 Å². The number of aromatic nitrogens is 3. The summed E-state index contributed by atoms with van der Waals surface area (Å²) in [4.78, 5) is 30.3. The lowest BCUT2D eigenvalue weighted by Crippen LogP contribution is -2.45. The molecule has 3 rings (SSSR count). The predicted octanol–water partition coefficient (Wildman–Crippen LogP) is 2.06. The fraction of sp³-hybridized carbons (Fsp3) is 0.500. The minimum atomic E-state index is -0.884.